The van der Waals surface area contributed by atoms with Crippen LogP contribution in [-0.4, -0.2) is 16.7 Å². The van der Waals surface area contributed by atoms with E-state index in [0.29, 0.717) is 21.8 Å². The minimum atomic E-state index is -0.849. The van der Waals surface area contributed by atoms with Crippen molar-refractivity contribution in [3.05, 3.63) is 110 Å². The number of non-ortho nitro benzene ring substituents is 1. The summed E-state index contributed by atoms with van der Waals surface area (Å²) in [7, 11) is 0. The second kappa shape index (κ2) is 9.84. The molecule has 3 aromatic carbocycles. The van der Waals surface area contributed by atoms with Gasteiger partial charge in [0.1, 0.15) is 11.5 Å². The Balaban J connectivity index is 1.98. The molecule has 32 heavy (non-hydrogen) atoms. The van der Waals surface area contributed by atoms with Gasteiger partial charge in [-0.05, 0) is 48.4 Å². The number of benzene rings is 3. The third kappa shape index (κ3) is 5.35. The predicted octanol–water partition coefficient (Wildman–Crippen LogP) is 5.11. The third-order valence-electron chi connectivity index (χ3n) is 4.52. The lowest BCUT2D eigenvalue weighted by Gasteiger charge is -2.13. The lowest BCUT2D eigenvalue weighted by Crippen LogP contribution is -2.31. The average Bonchev–Trinajstić information content (AvgIpc) is 2.76. The first-order chi connectivity index (χ1) is 15.3. The largest absolute Gasteiger partial charge is 0.320 e. The first-order valence-corrected chi connectivity index (χ1v) is 9.72. The number of anilines is 1. The number of carbonyl (C=O) groups is 2. The van der Waals surface area contributed by atoms with Crippen LogP contribution in [0.15, 0.2) is 72.4 Å². The summed E-state index contributed by atoms with van der Waals surface area (Å²) in [6.07, 6.45) is 1.26. The normalized spacial score (nSPS) is 11.0. The van der Waals surface area contributed by atoms with Crippen LogP contribution in [-0.2, 0) is 4.79 Å². The van der Waals surface area contributed by atoms with Gasteiger partial charge in [-0.1, -0.05) is 41.9 Å². The molecule has 162 valence electrons. The number of nitro groups is 1. The summed E-state index contributed by atoms with van der Waals surface area (Å²) in [6.45, 7) is 1.71. The molecule has 7 nitrogen and oxygen atoms in total. The van der Waals surface area contributed by atoms with Crippen molar-refractivity contribution in [1.82, 2.24) is 5.32 Å². The van der Waals surface area contributed by atoms with Crippen LogP contribution >= 0.6 is 11.6 Å². The molecule has 0 saturated heterocycles. The molecule has 0 unspecified atom stereocenters. The minimum Gasteiger partial charge on any atom is -0.320 e. The SMILES string of the molecule is Cc1c(Cl)cccc1NC(=O)C(=Cc1cccc([N+](=O)[O-])c1)NC(=O)c1ccccc1F. The van der Waals surface area contributed by atoms with Crippen LogP contribution in [0.25, 0.3) is 6.08 Å². The van der Waals surface area contributed by atoms with Crippen molar-refractivity contribution < 1.29 is 18.9 Å². The van der Waals surface area contributed by atoms with Gasteiger partial charge < -0.3 is 10.6 Å². The van der Waals surface area contributed by atoms with Crippen LogP contribution in [0.2, 0.25) is 5.02 Å². The van der Waals surface area contributed by atoms with Crippen molar-refractivity contribution in [3.8, 4) is 0 Å². The quantitative estimate of drug-likeness (QED) is 0.308. The van der Waals surface area contributed by atoms with Crippen molar-refractivity contribution in [1.29, 1.82) is 0 Å². The Morgan fingerprint density at radius 1 is 1.06 bits per heavy atom. The molecule has 0 bridgehead atoms. The number of nitro benzene ring substituents is 1. The lowest BCUT2D eigenvalue weighted by atomic mass is 10.1. The molecule has 0 aliphatic rings. The smallest absolute Gasteiger partial charge is 0.272 e. The fourth-order valence-electron chi connectivity index (χ4n) is 2.82. The second-order valence-corrected chi connectivity index (χ2v) is 7.12. The van der Waals surface area contributed by atoms with Crippen molar-refractivity contribution in [2.24, 2.45) is 0 Å². The molecule has 2 N–H and O–H groups in total. The average molecular weight is 454 g/mol. The van der Waals surface area contributed by atoms with Crippen LogP contribution in [0.4, 0.5) is 15.8 Å². The monoisotopic (exact) mass is 453 g/mol. The Morgan fingerprint density at radius 3 is 2.50 bits per heavy atom. The maximum absolute atomic E-state index is 14.0. The molecule has 0 radical (unpaired) electrons. The highest BCUT2D eigenvalue weighted by Crippen LogP contribution is 2.24. The van der Waals surface area contributed by atoms with Crippen LogP contribution in [0.3, 0.4) is 0 Å². The van der Waals surface area contributed by atoms with E-state index in [1.165, 1.54) is 48.5 Å². The van der Waals surface area contributed by atoms with Crippen LogP contribution < -0.4 is 10.6 Å². The number of carbonyl (C=O) groups excluding carboxylic acids is 2. The van der Waals surface area contributed by atoms with E-state index in [1.54, 1.807) is 25.1 Å². The highest BCUT2D eigenvalue weighted by atomic mass is 35.5. The van der Waals surface area contributed by atoms with E-state index in [9.17, 15) is 24.1 Å². The number of nitrogens with zero attached hydrogens (tertiary/aromatic N) is 1. The summed E-state index contributed by atoms with van der Waals surface area (Å²) < 4.78 is 14.0. The van der Waals surface area contributed by atoms with E-state index in [2.05, 4.69) is 10.6 Å². The standard InChI is InChI=1S/C23H17ClFN3O4/c1-14-18(24)9-5-11-20(14)26-23(30)21(13-15-6-4-7-16(12-15)28(31)32)27-22(29)17-8-2-3-10-19(17)25/h2-13H,1H3,(H,26,30)(H,27,29). The maximum Gasteiger partial charge on any atom is 0.272 e. The van der Waals surface area contributed by atoms with E-state index in [0.717, 1.165) is 6.07 Å². The molecule has 3 rings (SSSR count). The third-order valence-corrected chi connectivity index (χ3v) is 4.93. The number of rotatable bonds is 6. The Morgan fingerprint density at radius 2 is 1.78 bits per heavy atom. The summed E-state index contributed by atoms with van der Waals surface area (Å²) in [6, 6.07) is 15.7. The predicted molar refractivity (Wildman–Crippen MR) is 120 cm³/mol. The van der Waals surface area contributed by atoms with E-state index in [4.69, 9.17) is 11.6 Å². The van der Waals surface area contributed by atoms with Gasteiger partial charge in [-0.25, -0.2) is 4.39 Å². The molecule has 0 heterocycles. The van der Waals surface area contributed by atoms with E-state index in [1.807, 2.05) is 0 Å². The van der Waals surface area contributed by atoms with Crippen molar-refractivity contribution >= 4 is 40.9 Å². The summed E-state index contributed by atoms with van der Waals surface area (Å²) in [5.74, 6) is -2.32. The first-order valence-electron chi connectivity index (χ1n) is 9.35. The summed E-state index contributed by atoms with van der Waals surface area (Å²) in [5, 5.41) is 16.5. The summed E-state index contributed by atoms with van der Waals surface area (Å²) >= 11 is 6.09. The number of amides is 2. The van der Waals surface area contributed by atoms with E-state index in [-0.39, 0.29) is 16.9 Å². The van der Waals surface area contributed by atoms with Gasteiger partial charge in [0.05, 0.1) is 10.5 Å². The Bertz CT molecular complexity index is 1240. The van der Waals surface area contributed by atoms with Crippen LogP contribution in [0, 0.1) is 22.9 Å². The highest BCUT2D eigenvalue weighted by Gasteiger charge is 2.18. The van der Waals surface area contributed by atoms with Gasteiger partial charge in [-0.3, -0.25) is 19.7 Å². The molecule has 0 spiro atoms. The van der Waals surface area contributed by atoms with Gasteiger partial charge in [0.2, 0.25) is 0 Å². The topological polar surface area (TPSA) is 101 Å². The zero-order valence-electron chi connectivity index (χ0n) is 16.8. The molecule has 3 aromatic rings. The molecular weight excluding hydrogens is 437 g/mol. The molecule has 0 saturated carbocycles. The van der Waals surface area contributed by atoms with Gasteiger partial charge >= 0.3 is 0 Å². The fourth-order valence-corrected chi connectivity index (χ4v) is 3.00. The second-order valence-electron chi connectivity index (χ2n) is 6.71. The molecule has 0 aliphatic heterocycles. The Labute approximate surface area is 187 Å². The zero-order chi connectivity index (χ0) is 23.3. The number of hydrogen-bond donors (Lipinski definition) is 2. The number of hydrogen-bond acceptors (Lipinski definition) is 4. The van der Waals surface area contributed by atoms with Gasteiger partial charge in [0.15, 0.2) is 0 Å². The molecule has 9 heteroatoms. The molecule has 0 atom stereocenters. The van der Waals surface area contributed by atoms with Gasteiger partial charge in [-0.2, -0.15) is 0 Å². The van der Waals surface area contributed by atoms with Crippen molar-refractivity contribution in [2.75, 3.05) is 5.32 Å². The highest BCUT2D eigenvalue weighted by molar-refractivity contribution is 6.31. The molecule has 0 aliphatic carbocycles. The number of nitrogens with one attached hydrogen (secondary N) is 2. The maximum atomic E-state index is 14.0. The molecule has 0 fully saturated rings. The Kier molecular flexibility index (Phi) is 6.97. The van der Waals surface area contributed by atoms with Crippen LogP contribution in [0.1, 0.15) is 21.5 Å². The number of halogens is 2. The van der Waals surface area contributed by atoms with Crippen molar-refractivity contribution in [2.45, 2.75) is 6.92 Å². The minimum absolute atomic E-state index is 0.190. The Hall–Kier alpha value is -4.04. The summed E-state index contributed by atoms with van der Waals surface area (Å²) in [4.78, 5) is 36.1. The first kappa shape index (κ1) is 22.6. The van der Waals surface area contributed by atoms with Crippen molar-refractivity contribution in [3.63, 3.8) is 0 Å². The van der Waals surface area contributed by atoms with Gasteiger partial charge in [0.25, 0.3) is 17.5 Å². The fraction of sp³-hybridized carbons (Fsp3) is 0.0435. The van der Waals surface area contributed by atoms with E-state index < -0.39 is 22.6 Å². The molecule has 0 aromatic heterocycles. The zero-order valence-corrected chi connectivity index (χ0v) is 17.5. The summed E-state index contributed by atoms with van der Waals surface area (Å²) in [5.41, 5.74) is 0.623. The molecule has 2 amide bonds. The van der Waals surface area contributed by atoms with E-state index >= 15 is 0 Å². The van der Waals surface area contributed by atoms with Crippen LogP contribution in [0.5, 0.6) is 0 Å². The van der Waals surface area contributed by atoms with Gasteiger partial charge in [0, 0.05) is 22.8 Å². The lowest BCUT2D eigenvalue weighted by molar-refractivity contribution is -0.384. The van der Waals surface area contributed by atoms with Gasteiger partial charge in [-0.15, -0.1) is 0 Å². The molecular formula is C23H17ClFN3O4.